The second-order valence-corrected chi connectivity index (χ2v) is 9.64. The van der Waals surface area contributed by atoms with E-state index in [-0.39, 0.29) is 17.6 Å². The second kappa shape index (κ2) is 10.5. The third kappa shape index (κ3) is 6.13. The van der Waals surface area contributed by atoms with Gasteiger partial charge in [-0.1, -0.05) is 44.2 Å². The average Bonchev–Trinajstić information content (AvgIpc) is 3.55. The lowest BCUT2D eigenvalue weighted by Crippen LogP contribution is -2.16. The molecule has 41 heavy (non-hydrogen) atoms. The van der Waals surface area contributed by atoms with Gasteiger partial charge in [-0.2, -0.15) is 18.3 Å². The minimum Gasteiger partial charge on any atom is -0.440 e. The van der Waals surface area contributed by atoms with Crippen molar-refractivity contribution in [3.05, 3.63) is 96.1 Å². The van der Waals surface area contributed by atoms with Crippen LogP contribution in [0.2, 0.25) is 0 Å². The van der Waals surface area contributed by atoms with Crippen molar-refractivity contribution in [3.63, 3.8) is 0 Å². The Balaban J connectivity index is 1.67. The number of rotatable bonds is 6. The molecule has 0 radical (unpaired) electrons. The second-order valence-electron chi connectivity index (χ2n) is 9.64. The van der Waals surface area contributed by atoms with Crippen molar-refractivity contribution in [2.45, 2.75) is 39.2 Å². The summed E-state index contributed by atoms with van der Waals surface area (Å²) in [7, 11) is 0. The predicted molar refractivity (Wildman–Crippen MR) is 140 cm³/mol. The summed E-state index contributed by atoms with van der Waals surface area (Å²) in [5.41, 5.74) is 3.08. The van der Waals surface area contributed by atoms with E-state index in [0.717, 1.165) is 39.6 Å². The third-order valence-corrected chi connectivity index (χ3v) is 6.35. The highest BCUT2D eigenvalue weighted by atomic mass is 19.4. The molecule has 2 heterocycles. The van der Waals surface area contributed by atoms with Crippen LogP contribution in [0, 0.1) is 6.92 Å². The van der Waals surface area contributed by atoms with E-state index in [1.54, 1.807) is 25.1 Å². The molecule has 5 nitrogen and oxygen atoms in total. The molecule has 0 saturated carbocycles. The topological polar surface area (TPSA) is 53.1 Å². The van der Waals surface area contributed by atoms with Crippen LogP contribution in [0.25, 0.3) is 39.4 Å². The SMILES string of the molecule is Cc1nc(-c2ccc(OC(F)(F)F)cc2)c(-c2cc(-c3cccc(C(C)C)c3)ccc2-n2ccc(C(F)(F)F)n2)o1. The highest BCUT2D eigenvalue weighted by Crippen LogP contribution is 2.40. The van der Waals surface area contributed by atoms with E-state index in [1.165, 1.54) is 18.3 Å². The fourth-order valence-electron chi connectivity index (χ4n) is 4.40. The van der Waals surface area contributed by atoms with Gasteiger partial charge in [0.05, 0.1) is 5.69 Å². The summed E-state index contributed by atoms with van der Waals surface area (Å²) in [6.45, 7) is 5.73. The van der Waals surface area contributed by atoms with Crippen LogP contribution in [0.5, 0.6) is 5.75 Å². The van der Waals surface area contributed by atoms with Gasteiger partial charge in [0.25, 0.3) is 0 Å². The Bertz CT molecular complexity index is 1680. The number of oxazole rings is 1. The minimum absolute atomic E-state index is 0.216. The number of nitrogens with zero attached hydrogens (tertiary/aromatic N) is 3. The smallest absolute Gasteiger partial charge is 0.440 e. The van der Waals surface area contributed by atoms with Crippen molar-refractivity contribution in [2.75, 3.05) is 0 Å². The van der Waals surface area contributed by atoms with E-state index in [1.807, 2.05) is 24.3 Å². The molecular formula is C30H23F6N3O2. The van der Waals surface area contributed by atoms with Gasteiger partial charge < -0.3 is 9.15 Å². The molecule has 5 rings (SSSR count). The van der Waals surface area contributed by atoms with Crippen molar-refractivity contribution in [3.8, 4) is 45.1 Å². The van der Waals surface area contributed by atoms with Crippen LogP contribution in [0.3, 0.4) is 0 Å². The van der Waals surface area contributed by atoms with Crippen molar-refractivity contribution in [1.82, 2.24) is 14.8 Å². The maximum Gasteiger partial charge on any atom is 0.573 e. The fourth-order valence-corrected chi connectivity index (χ4v) is 4.40. The molecule has 212 valence electrons. The number of aryl methyl sites for hydroxylation is 1. The van der Waals surface area contributed by atoms with E-state index in [4.69, 9.17) is 4.42 Å². The highest BCUT2D eigenvalue weighted by molar-refractivity contribution is 5.84. The van der Waals surface area contributed by atoms with E-state index in [9.17, 15) is 26.3 Å². The molecule has 0 unspecified atom stereocenters. The van der Waals surface area contributed by atoms with Gasteiger partial charge in [0.2, 0.25) is 0 Å². The minimum atomic E-state index is -4.85. The Morgan fingerprint density at radius 3 is 2.15 bits per heavy atom. The summed E-state index contributed by atoms with van der Waals surface area (Å²) in [4.78, 5) is 4.44. The van der Waals surface area contributed by atoms with E-state index >= 15 is 0 Å². The van der Waals surface area contributed by atoms with Crippen LogP contribution in [0.1, 0.15) is 36.9 Å². The quantitative estimate of drug-likeness (QED) is 0.191. The Labute approximate surface area is 231 Å². The lowest BCUT2D eigenvalue weighted by Gasteiger charge is -2.14. The summed E-state index contributed by atoms with van der Waals surface area (Å²) in [5, 5.41) is 3.74. The summed E-state index contributed by atoms with van der Waals surface area (Å²) in [6.07, 6.45) is -8.29. The molecule has 2 aromatic heterocycles. The van der Waals surface area contributed by atoms with E-state index in [2.05, 4.69) is 28.7 Å². The summed E-state index contributed by atoms with van der Waals surface area (Å²) < 4.78 is 89.1. The molecule has 0 saturated heterocycles. The molecule has 5 aromatic rings. The molecule has 3 aromatic carbocycles. The predicted octanol–water partition coefficient (Wildman–Crippen LogP) is 9.21. The molecular weight excluding hydrogens is 548 g/mol. The first-order valence-electron chi connectivity index (χ1n) is 12.5. The molecule has 0 aliphatic heterocycles. The molecule has 0 amide bonds. The van der Waals surface area contributed by atoms with Gasteiger partial charge in [-0.3, -0.25) is 0 Å². The largest absolute Gasteiger partial charge is 0.573 e. The fraction of sp³-hybridized carbons (Fsp3) is 0.200. The zero-order chi connectivity index (χ0) is 29.5. The first kappa shape index (κ1) is 28.0. The molecule has 0 fully saturated rings. The highest BCUT2D eigenvalue weighted by Gasteiger charge is 2.34. The zero-order valence-electron chi connectivity index (χ0n) is 22.0. The number of hydrogen-bond donors (Lipinski definition) is 0. The van der Waals surface area contributed by atoms with Gasteiger partial charge in [-0.05, 0) is 65.1 Å². The number of ether oxygens (including phenoxy) is 1. The summed E-state index contributed by atoms with van der Waals surface area (Å²) >= 11 is 0. The maximum atomic E-state index is 13.4. The first-order chi connectivity index (χ1) is 19.3. The van der Waals surface area contributed by atoms with Crippen LogP contribution >= 0.6 is 0 Å². The number of hydrogen-bond acceptors (Lipinski definition) is 4. The molecule has 0 atom stereocenters. The third-order valence-electron chi connectivity index (χ3n) is 6.35. The van der Waals surface area contributed by atoms with Crippen LogP contribution in [-0.2, 0) is 6.18 Å². The molecule has 0 aliphatic carbocycles. The van der Waals surface area contributed by atoms with E-state index in [0.29, 0.717) is 22.5 Å². The monoisotopic (exact) mass is 571 g/mol. The normalized spacial score (nSPS) is 12.2. The van der Waals surface area contributed by atoms with Crippen LogP contribution in [0.4, 0.5) is 26.3 Å². The number of aromatic nitrogens is 3. The van der Waals surface area contributed by atoms with Crippen LogP contribution < -0.4 is 4.74 Å². The maximum absolute atomic E-state index is 13.4. The molecule has 0 aliphatic rings. The Hall–Kier alpha value is -4.54. The molecule has 0 N–H and O–H groups in total. The lowest BCUT2D eigenvalue weighted by atomic mass is 9.95. The number of benzene rings is 3. The van der Waals surface area contributed by atoms with Crippen molar-refractivity contribution in [2.24, 2.45) is 0 Å². The number of alkyl halides is 6. The van der Waals surface area contributed by atoms with E-state index < -0.39 is 24.0 Å². The molecule has 11 heteroatoms. The Morgan fingerprint density at radius 1 is 0.829 bits per heavy atom. The van der Waals surface area contributed by atoms with Gasteiger partial charge in [-0.25, -0.2) is 9.67 Å². The van der Waals surface area contributed by atoms with Crippen molar-refractivity contribution >= 4 is 0 Å². The van der Waals surface area contributed by atoms with Gasteiger partial charge in [0, 0.05) is 24.2 Å². The first-order valence-corrected chi connectivity index (χ1v) is 12.5. The lowest BCUT2D eigenvalue weighted by molar-refractivity contribution is -0.274. The standard InChI is InChI=1S/C30H23F6N3O2/c1-17(2)20-5-4-6-21(15-20)22-9-12-25(39-14-13-26(38-39)29(31,32)33)24(16-22)28-27(37-18(3)40-28)19-7-10-23(11-8-19)41-30(34,35)36/h4-17H,1-3H3. The van der Waals surface area contributed by atoms with Crippen molar-refractivity contribution < 1.29 is 35.5 Å². The van der Waals surface area contributed by atoms with Crippen LogP contribution in [-0.4, -0.2) is 21.1 Å². The summed E-state index contributed by atoms with van der Waals surface area (Å²) in [6, 6.07) is 19.0. The Morgan fingerprint density at radius 2 is 1.51 bits per heavy atom. The van der Waals surface area contributed by atoms with Gasteiger partial charge in [0.15, 0.2) is 17.3 Å². The number of halogens is 6. The van der Waals surface area contributed by atoms with Gasteiger partial charge >= 0.3 is 12.5 Å². The van der Waals surface area contributed by atoms with Crippen LogP contribution in [0.15, 0.2) is 83.4 Å². The Kier molecular flexibility index (Phi) is 7.14. The zero-order valence-corrected chi connectivity index (χ0v) is 22.0. The summed E-state index contributed by atoms with van der Waals surface area (Å²) in [5.74, 6) is 0.325. The molecule has 0 bridgehead atoms. The average molecular weight is 572 g/mol. The van der Waals surface area contributed by atoms with Crippen molar-refractivity contribution in [1.29, 1.82) is 0 Å². The van der Waals surface area contributed by atoms with Gasteiger partial charge in [-0.15, -0.1) is 13.2 Å². The molecule has 0 spiro atoms. The van der Waals surface area contributed by atoms with Gasteiger partial charge in [0.1, 0.15) is 11.4 Å².